The molecule has 1 aromatic carbocycles. The average molecular weight is 241 g/mol. The van der Waals surface area contributed by atoms with E-state index in [1.807, 2.05) is 24.3 Å². The molecule has 0 aliphatic rings. The zero-order chi connectivity index (χ0) is 12.8. The van der Waals surface area contributed by atoms with E-state index in [4.69, 9.17) is 4.74 Å². The number of benzene rings is 1. The Kier molecular flexibility index (Phi) is 4.07. The Labute approximate surface area is 106 Å². The fourth-order valence-corrected chi connectivity index (χ4v) is 1.83. The van der Waals surface area contributed by atoms with Gasteiger partial charge in [-0.25, -0.2) is 0 Å². The Hall–Kier alpha value is -2.16. The van der Waals surface area contributed by atoms with Crippen LogP contribution in [0.3, 0.4) is 0 Å². The molecule has 0 aliphatic heterocycles. The van der Waals surface area contributed by atoms with Crippen molar-refractivity contribution < 1.29 is 9.53 Å². The number of ether oxygens (including phenoxy) is 1. The highest BCUT2D eigenvalue weighted by Gasteiger charge is 2.08. The Balaban J connectivity index is 2.20. The fraction of sp³-hybridized carbons (Fsp3) is 0.200. The molecule has 0 aliphatic carbocycles. The maximum absolute atomic E-state index is 11.3. The van der Waals surface area contributed by atoms with E-state index in [1.54, 1.807) is 12.4 Å². The van der Waals surface area contributed by atoms with Crippen LogP contribution in [0.1, 0.15) is 16.7 Å². The number of rotatable bonds is 4. The number of carbonyl (C=O) groups is 1. The maximum atomic E-state index is 11.3. The Morgan fingerprint density at radius 1 is 1.17 bits per heavy atom. The first-order valence-electron chi connectivity index (χ1n) is 5.82. The van der Waals surface area contributed by atoms with E-state index in [-0.39, 0.29) is 12.4 Å². The van der Waals surface area contributed by atoms with Crippen LogP contribution in [0.15, 0.2) is 48.8 Å². The van der Waals surface area contributed by atoms with Crippen molar-refractivity contribution in [2.24, 2.45) is 0 Å². The van der Waals surface area contributed by atoms with Gasteiger partial charge in [0, 0.05) is 12.4 Å². The van der Waals surface area contributed by atoms with Crippen LogP contribution >= 0.6 is 0 Å². The lowest BCUT2D eigenvalue weighted by Gasteiger charge is -2.08. The minimum absolute atomic E-state index is 0.239. The smallest absolute Gasteiger partial charge is 0.310 e. The molecule has 0 unspecified atom stereocenters. The molecule has 92 valence electrons. The largest absolute Gasteiger partial charge is 0.469 e. The van der Waals surface area contributed by atoms with Crippen molar-refractivity contribution in [2.45, 2.75) is 12.8 Å². The number of carbonyl (C=O) groups excluding carboxylic acids is 1. The van der Waals surface area contributed by atoms with Crippen molar-refractivity contribution in [1.29, 1.82) is 0 Å². The van der Waals surface area contributed by atoms with E-state index in [1.165, 1.54) is 12.7 Å². The van der Waals surface area contributed by atoms with E-state index >= 15 is 0 Å². The molecule has 0 bridgehead atoms. The normalized spacial score (nSPS) is 10.1. The van der Waals surface area contributed by atoms with E-state index in [0.29, 0.717) is 0 Å². The van der Waals surface area contributed by atoms with Crippen LogP contribution in [0.4, 0.5) is 0 Å². The third-order valence-electron chi connectivity index (χ3n) is 2.80. The fourth-order valence-electron chi connectivity index (χ4n) is 1.83. The van der Waals surface area contributed by atoms with Gasteiger partial charge >= 0.3 is 5.97 Å². The quantitative estimate of drug-likeness (QED) is 0.771. The summed E-state index contributed by atoms with van der Waals surface area (Å²) in [7, 11) is 1.40. The molecule has 0 atom stereocenters. The lowest BCUT2D eigenvalue weighted by Crippen LogP contribution is -2.07. The van der Waals surface area contributed by atoms with Crippen molar-refractivity contribution in [3.8, 4) is 0 Å². The number of nitrogens with zero attached hydrogens (tertiary/aromatic N) is 1. The molecule has 3 heteroatoms. The predicted molar refractivity (Wildman–Crippen MR) is 69.2 cm³/mol. The first kappa shape index (κ1) is 12.3. The third kappa shape index (κ3) is 3.17. The van der Waals surface area contributed by atoms with Gasteiger partial charge in [-0.3, -0.25) is 9.78 Å². The zero-order valence-corrected chi connectivity index (χ0v) is 10.3. The molecule has 0 amide bonds. The summed E-state index contributed by atoms with van der Waals surface area (Å²) in [5, 5.41) is 0. The summed E-state index contributed by atoms with van der Waals surface area (Å²) < 4.78 is 4.69. The molecular weight excluding hydrogens is 226 g/mol. The van der Waals surface area contributed by atoms with Crippen LogP contribution in [0.25, 0.3) is 0 Å². The van der Waals surface area contributed by atoms with Gasteiger partial charge in [0.2, 0.25) is 0 Å². The summed E-state index contributed by atoms with van der Waals surface area (Å²) >= 11 is 0. The number of hydrogen-bond donors (Lipinski definition) is 0. The topological polar surface area (TPSA) is 39.2 Å². The summed E-state index contributed by atoms with van der Waals surface area (Å²) in [6, 6.07) is 12.1. The van der Waals surface area contributed by atoms with Gasteiger partial charge in [-0.05, 0) is 29.2 Å². The second kappa shape index (κ2) is 5.96. The molecule has 1 heterocycles. The standard InChI is InChI=1S/C15H15NO2/c1-18-15(17)10-14-11-16-8-7-13(14)9-12-5-3-2-4-6-12/h2-8,11H,9-10H2,1H3. The number of aromatic nitrogens is 1. The van der Waals surface area contributed by atoms with Gasteiger partial charge in [0.1, 0.15) is 0 Å². The second-order valence-corrected chi connectivity index (χ2v) is 4.06. The highest BCUT2D eigenvalue weighted by molar-refractivity contribution is 5.72. The molecule has 2 aromatic rings. The monoisotopic (exact) mass is 241 g/mol. The molecule has 2 rings (SSSR count). The lowest BCUT2D eigenvalue weighted by molar-refractivity contribution is -0.139. The number of esters is 1. The van der Waals surface area contributed by atoms with Crippen LogP contribution < -0.4 is 0 Å². The molecule has 1 aromatic heterocycles. The molecule has 3 nitrogen and oxygen atoms in total. The molecule has 18 heavy (non-hydrogen) atoms. The first-order valence-corrected chi connectivity index (χ1v) is 5.82. The molecule has 0 spiro atoms. The SMILES string of the molecule is COC(=O)Cc1cnccc1Cc1ccccc1. The van der Waals surface area contributed by atoms with Gasteiger partial charge in [0.15, 0.2) is 0 Å². The Morgan fingerprint density at radius 3 is 2.67 bits per heavy atom. The maximum Gasteiger partial charge on any atom is 0.310 e. The van der Waals surface area contributed by atoms with Gasteiger partial charge in [-0.15, -0.1) is 0 Å². The third-order valence-corrected chi connectivity index (χ3v) is 2.80. The number of hydrogen-bond acceptors (Lipinski definition) is 3. The number of pyridine rings is 1. The van der Waals surface area contributed by atoms with Crippen molar-refractivity contribution in [3.05, 3.63) is 65.5 Å². The van der Waals surface area contributed by atoms with Gasteiger partial charge < -0.3 is 4.74 Å². The molecule has 0 saturated heterocycles. The molecule has 0 fully saturated rings. The zero-order valence-electron chi connectivity index (χ0n) is 10.3. The van der Waals surface area contributed by atoms with Gasteiger partial charge in [-0.2, -0.15) is 0 Å². The summed E-state index contributed by atoms with van der Waals surface area (Å²) in [4.78, 5) is 15.4. The molecule has 0 N–H and O–H groups in total. The van der Waals surface area contributed by atoms with E-state index < -0.39 is 0 Å². The second-order valence-electron chi connectivity index (χ2n) is 4.06. The van der Waals surface area contributed by atoms with Crippen LogP contribution in [0.5, 0.6) is 0 Å². The van der Waals surface area contributed by atoms with Crippen LogP contribution in [-0.4, -0.2) is 18.1 Å². The van der Waals surface area contributed by atoms with E-state index in [2.05, 4.69) is 17.1 Å². The van der Waals surface area contributed by atoms with Crippen LogP contribution in [0.2, 0.25) is 0 Å². The van der Waals surface area contributed by atoms with Crippen molar-refractivity contribution in [3.63, 3.8) is 0 Å². The minimum Gasteiger partial charge on any atom is -0.469 e. The highest BCUT2D eigenvalue weighted by Crippen LogP contribution is 2.14. The van der Waals surface area contributed by atoms with Gasteiger partial charge in [-0.1, -0.05) is 30.3 Å². The summed E-state index contributed by atoms with van der Waals surface area (Å²) in [5.41, 5.74) is 3.25. The summed E-state index contributed by atoms with van der Waals surface area (Å²) in [6.45, 7) is 0. The van der Waals surface area contributed by atoms with Crippen molar-refractivity contribution in [2.75, 3.05) is 7.11 Å². The first-order chi connectivity index (χ1) is 8.79. The lowest BCUT2D eigenvalue weighted by atomic mass is 10.00. The van der Waals surface area contributed by atoms with Gasteiger partial charge in [0.25, 0.3) is 0 Å². The number of methoxy groups -OCH3 is 1. The highest BCUT2D eigenvalue weighted by atomic mass is 16.5. The van der Waals surface area contributed by atoms with Crippen molar-refractivity contribution in [1.82, 2.24) is 4.98 Å². The Bertz CT molecular complexity index is 523. The van der Waals surface area contributed by atoms with E-state index in [0.717, 1.165) is 17.5 Å². The average Bonchev–Trinajstić information content (AvgIpc) is 2.42. The van der Waals surface area contributed by atoms with Crippen LogP contribution in [-0.2, 0) is 22.4 Å². The van der Waals surface area contributed by atoms with Crippen molar-refractivity contribution >= 4 is 5.97 Å². The summed E-state index contributed by atoms with van der Waals surface area (Å²) in [5.74, 6) is -0.239. The predicted octanol–water partition coefficient (Wildman–Crippen LogP) is 2.39. The minimum atomic E-state index is -0.239. The molecular formula is C15H15NO2. The molecule has 0 saturated carbocycles. The molecule has 0 radical (unpaired) electrons. The Morgan fingerprint density at radius 2 is 1.94 bits per heavy atom. The summed E-state index contributed by atoms with van der Waals surface area (Å²) in [6.07, 6.45) is 4.55. The van der Waals surface area contributed by atoms with Crippen LogP contribution in [0, 0.1) is 0 Å². The van der Waals surface area contributed by atoms with Gasteiger partial charge in [0.05, 0.1) is 13.5 Å². The van der Waals surface area contributed by atoms with E-state index in [9.17, 15) is 4.79 Å².